The Hall–Kier alpha value is -1.54. The molecule has 0 bridgehead atoms. The van der Waals surface area contributed by atoms with E-state index in [1.54, 1.807) is 0 Å². The maximum Gasteiger partial charge on any atom is 0.303 e. The Morgan fingerprint density at radius 3 is 2.64 bits per heavy atom. The number of aliphatic carboxylic acids is 1. The molecule has 4 saturated carbocycles. The van der Waals surface area contributed by atoms with E-state index in [4.69, 9.17) is 10.7 Å². The fourth-order valence-corrected chi connectivity index (χ4v) is 10.9. The fraction of sp³-hybridized carbons (Fsp3) is 0.829. The number of pyridine rings is 1. The first-order valence-corrected chi connectivity index (χ1v) is 17.0. The summed E-state index contributed by atoms with van der Waals surface area (Å²) in [5.74, 6) is 8.35. The second kappa shape index (κ2) is 13.2. The topological polar surface area (TPSA) is 110 Å². The van der Waals surface area contributed by atoms with E-state index in [2.05, 4.69) is 49.4 Å². The van der Waals surface area contributed by atoms with E-state index in [9.17, 15) is 9.90 Å². The van der Waals surface area contributed by atoms with Gasteiger partial charge in [-0.25, -0.2) is 5.90 Å². The molecular formula is C35H58N4O3. The van der Waals surface area contributed by atoms with Crippen molar-refractivity contribution in [2.45, 2.75) is 123 Å². The Morgan fingerprint density at radius 2 is 1.90 bits per heavy atom. The van der Waals surface area contributed by atoms with Crippen molar-refractivity contribution in [2.24, 2.45) is 51.7 Å². The molecule has 1 aromatic rings. The second-order valence-electron chi connectivity index (χ2n) is 15.4. The van der Waals surface area contributed by atoms with Crippen LogP contribution in [0.4, 0.5) is 0 Å². The Labute approximate surface area is 254 Å². The van der Waals surface area contributed by atoms with Gasteiger partial charge < -0.3 is 20.6 Å². The van der Waals surface area contributed by atoms with Crippen LogP contribution in [0.2, 0.25) is 0 Å². The Kier molecular flexibility index (Phi) is 10.0. The van der Waals surface area contributed by atoms with E-state index < -0.39 is 5.97 Å². The zero-order valence-electron chi connectivity index (χ0n) is 26.7. The second-order valence-corrected chi connectivity index (χ2v) is 15.4. The van der Waals surface area contributed by atoms with Crippen LogP contribution in [-0.2, 0) is 16.2 Å². The lowest BCUT2D eigenvalue weighted by molar-refractivity contribution is -0.215. The van der Waals surface area contributed by atoms with Gasteiger partial charge in [-0.3, -0.25) is 9.78 Å². The Balaban J connectivity index is 1.16. The standard InChI is InChI=1S/C35H58N4O3/c1-24(10-13-31(40)41)27-11-12-28-32-29(15-16-34(27,28)3)35(4)17-14-25(21-33(35,2)22-30(32)42-36)38-20-8-7-18-37-23-26-9-5-6-19-39-26/h5-6,9,19,24-25,27-30,32,37-38H,7-8,10-18,20-23,36H2,1-4H3,(H,40,41)/t24-,25+,27-,28?,29?,30?,32?,33-,34-,35-/m1/s1. The van der Waals surface area contributed by atoms with Crippen molar-refractivity contribution in [3.63, 3.8) is 0 Å². The largest absolute Gasteiger partial charge is 0.481 e. The molecule has 1 aromatic heterocycles. The van der Waals surface area contributed by atoms with Gasteiger partial charge in [0.05, 0.1) is 11.8 Å². The highest BCUT2D eigenvalue weighted by molar-refractivity contribution is 5.66. The van der Waals surface area contributed by atoms with Crippen LogP contribution in [-0.4, -0.2) is 41.3 Å². The Bertz CT molecular complexity index is 1040. The highest BCUT2D eigenvalue weighted by atomic mass is 16.6. The first-order chi connectivity index (χ1) is 20.1. The van der Waals surface area contributed by atoms with Crippen LogP contribution < -0.4 is 16.5 Å². The van der Waals surface area contributed by atoms with Gasteiger partial charge in [0.25, 0.3) is 0 Å². The minimum absolute atomic E-state index is 0.120. The number of unbranched alkanes of at least 4 members (excludes halogenated alkanes) is 1. The van der Waals surface area contributed by atoms with Gasteiger partial charge >= 0.3 is 5.97 Å². The molecule has 5 N–H and O–H groups in total. The van der Waals surface area contributed by atoms with E-state index in [1.807, 2.05) is 18.3 Å². The quantitative estimate of drug-likeness (QED) is 0.159. The summed E-state index contributed by atoms with van der Waals surface area (Å²) in [6.07, 6.45) is 15.2. The third-order valence-electron chi connectivity index (χ3n) is 13.3. The van der Waals surface area contributed by atoms with Crippen molar-refractivity contribution >= 4 is 5.97 Å². The normalized spacial score (nSPS) is 40.1. The number of hydrogen-bond donors (Lipinski definition) is 4. The van der Waals surface area contributed by atoms with Crippen molar-refractivity contribution in [2.75, 3.05) is 13.1 Å². The van der Waals surface area contributed by atoms with E-state index in [1.165, 1.54) is 57.8 Å². The molecule has 4 fully saturated rings. The van der Waals surface area contributed by atoms with E-state index in [0.717, 1.165) is 38.2 Å². The molecular weight excluding hydrogens is 524 g/mol. The molecule has 0 radical (unpaired) electrons. The number of hydrogen-bond acceptors (Lipinski definition) is 6. The molecule has 7 nitrogen and oxygen atoms in total. The fourth-order valence-electron chi connectivity index (χ4n) is 10.9. The first kappa shape index (κ1) is 31.9. The first-order valence-electron chi connectivity index (χ1n) is 17.0. The molecule has 0 spiro atoms. The molecule has 0 saturated heterocycles. The monoisotopic (exact) mass is 582 g/mol. The van der Waals surface area contributed by atoms with Crippen molar-refractivity contribution in [3.8, 4) is 0 Å². The maximum absolute atomic E-state index is 11.3. The minimum Gasteiger partial charge on any atom is -0.481 e. The van der Waals surface area contributed by atoms with Gasteiger partial charge in [0.1, 0.15) is 0 Å². The van der Waals surface area contributed by atoms with Crippen molar-refractivity contribution in [3.05, 3.63) is 30.1 Å². The molecule has 236 valence electrons. The highest BCUT2D eigenvalue weighted by Gasteiger charge is 2.66. The summed E-state index contributed by atoms with van der Waals surface area (Å²) in [5.41, 5.74) is 1.91. The average Bonchev–Trinajstić information content (AvgIpc) is 3.33. The van der Waals surface area contributed by atoms with Crippen LogP contribution in [0.5, 0.6) is 0 Å². The van der Waals surface area contributed by atoms with E-state index in [0.29, 0.717) is 41.0 Å². The van der Waals surface area contributed by atoms with Crippen molar-refractivity contribution in [1.29, 1.82) is 0 Å². The predicted molar refractivity (Wildman–Crippen MR) is 167 cm³/mol. The number of nitrogens with two attached hydrogens (primary N) is 1. The zero-order chi connectivity index (χ0) is 30.0. The minimum atomic E-state index is -0.667. The van der Waals surface area contributed by atoms with Gasteiger partial charge in [-0.2, -0.15) is 0 Å². The molecule has 0 amide bonds. The van der Waals surface area contributed by atoms with Gasteiger partial charge in [0.15, 0.2) is 0 Å². The van der Waals surface area contributed by atoms with Gasteiger partial charge in [-0.15, -0.1) is 0 Å². The third-order valence-corrected chi connectivity index (χ3v) is 13.3. The van der Waals surface area contributed by atoms with Gasteiger partial charge in [0.2, 0.25) is 0 Å². The van der Waals surface area contributed by atoms with Crippen LogP contribution >= 0.6 is 0 Å². The van der Waals surface area contributed by atoms with Crippen LogP contribution in [0, 0.1) is 45.8 Å². The zero-order valence-corrected chi connectivity index (χ0v) is 26.7. The molecule has 4 unspecified atom stereocenters. The number of nitrogens with one attached hydrogen (secondary N) is 2. The van der Waals surface area contributed by atoms with Gasteiger partial charge in [-0.1, -0.05) is 33.8 Å². The van der Waals surface area contributed by atoms with Crippen LogP contribution in [0.15, 0.2) is 24.4 Å². The molecule has 0 aliphatic heterocycles. The van der Waals surface area contributed by atoms with Crippen molar-refractivity contribution < 1.29 is 14.7 Å². The molecule has 4 aliphatic carbocycles. The van der Waals surface area contributed by atoms with Gasteiger partial charge in [0, 0.05) is 25.2 Å². The number of aromatic nitrogens is 1. The number of carbonyl (C=O) groups is 1. The highest BCUT2D eigenvalue weighted by Crippen LogP contribution is 2.71. The number of fused-ring (bicyclic) bond motifs is 5. The number of carboxylic acids is 1. The van der Waals surface area contributed by atoms with Crippen LogP contribution in [0.25, 0.3) is 0 Å². The lowest BCUT2D eigenvalue weighted by Gasteiger charge is -2.67. The summed E-state index contributed by atoms with van der Waals surface area (Å²) in [7, 11) is 0. The van der Waals surface area contributed by atoms with Crippen molar-refractivity contribution in [1.82, 2.24) is 15.6 Å². The number of carboxylic acid groups (broad SMARTS) is 1. The van der Waals surface area contributed by atoms with Gasteiger partial charge in [-0.05, 0) is 142 Å². The van der Waals surface area contributed by atoms with E-state index >= 15 is 0 Å². The van der Waals surface area contributed by atoms with Crippen LogP contribution in [0.3, 0.4) is 0 Å². The smallest absolute Gasteiger partial charge is 0.303 e. The molecule has 10 atom stereocenters. The summed E-state index contributed by atoms with van der Waals surface area (Å²) in [4.78, 5) is 21.6. The lowest BCUT2D eigenvalue weighted by atomic mass is 9.39. The molecule has 42 heavy (non-hydrogen) atoms. The summed E-state index contributed by atoms with van der Waals surface area (Å²) in [5, 5.41) is 16.8. The van der Waals surface area contributed by atoms with E-state index in [-0.39, 0.29) is 23.4 Å². The third kappa shape index (κ3) is 6.18. The number of rotatable bonds is 13. The summed E-state index contributed by atoms with van der Waals surface area (Å²) >= 11 is 0. The summed E-state index contributed by atoms with van der Waals surface area (Å²) in [6.45, 7) is 12.9. The average molecular weight is 583 g/mol. The summed E-state index contributed by atoms with van der Waals surface area (Å²) in [6, 6.07) is 6.64. The molecule has 1 heterocycles. The number of nitrogens with zero attached hydrogens (tertiary/aromatic N) is 1. The maximum atomic E-state index is 11.3. The molecule has 5 rings (SSSR count). The Morgan fingerprint density at radius 1 is 1.10 bits per heavy atom. The summed E-state index contributed by atoms with van der Waals surface area (Å²) < 4.78 is 0. The van der Waals surface area contributed by atoms with Crippen LogP contribution in [0.1, 0.15) is 110 Å². The molecule has 0 aromatic carbocycles. The molecule has 7 heteroatoms. The predicted octanol–water partition coefficient (Wildman–Crippen LogP) is 6.33. The molecule has 4 aliphatic rings. The SMILES string of the molecule is C[C@H](CCC(=O)O)[C@H]1CCC2C3C(ON)C[C@@]4(C)C[C@@H](NCCCCNCc5ccccn5)CC[C@]4(C)C3CC[C@@]21C. The lowest BCUT2D eigenvalue weighted by Crippen LogP contribution is -2.64.